The van der Waals surface area contributed by atoms with E-state index >= 15 is 0 Å². The van der Waals surface area contributed by atoms with E-state index in [4.69, 9.17) is 10.5 Å². The van der Waals surface area contributed by atoms with E-state index < -0.39 is 0 Å². The summed E-state index contributed by atoms with van der Waals surface area (Å²) in [5.74, 6) is 0.675. The maximum Gasteiger partial charge on any atom is 0.213 e. The van der Waals surface area contributed by atoms with Crippen molar-refractivity contribution >= 4 is 0 Å². The summed E-state index contributed by atoms with van der Waals surface area (Å²) in [6, 6.07) is 5.79. The Labute approximate surface area is 84.3 Å². The van der Waals surface area contributed by atoms with Crippen molar-refractivity contribution in [1.29, 1.82) is 0 Å². The van der Waals surface area contributed by atoms with Gasteiger partial charge in [-0.2, -0.15) is 0 Å². The minimum absolute atomic E-state index is 0.158. The van der Waals surface area contributed by atoms with E-state index in [9.17, 15) is 0 Å². The third kappa shape index (κ3) is 1.87. The Hall–Kier alpha value is -1.09. The summed E-state index contributed by atoms with van der Waals surface area (Å²) in [5, 5.41) is 0. The Balaban J connectivity index is 2.19. The first-order valence-corrected chi connectivity index (χ1v) is 5.03. The number of aromatic nitrogens is 1. The van der Waals surface area contributed by atoms with E-state index in [1.807, 2.05) is 32.0 Å². The van der Waals surface area contributed by atoms with E-state index in [2.05, 4.69) is 4.98 Å². The first kappa shape index (κ1) is 9.46. The zero-order valence-corrected chi connectivity index (χ0v) is 8.66. The second kappa shape index (κ2) is 3.24. The van der Waals surface area contributed by atoms with E-state index in [1.165, 1.54) is 0 Å². The molecule has 1 aliphatic rings. The van der Waals surface area contributed by atoms with Crippen LogP contribution in [0.2, 0.25) is 0 Å². The van der Waals surface area contributed by atoms with Crippen LogP contribution in [0.25, 0.3) is 0 Å². The summed E-state index contributed by atoms with van der Waals surface area (Å²) >= 11 is 0. The average molecular weight is 192 g/mol. The van der Waals surface area contributed by atoms with Gasteiger partial charge in [0.2, 0.25) is 5.88 Å². The van der Waals surface area contributed by atoms with Crippen LogP contribution in [0.4, 0.5) is 0 Å². The lowest BCUT2D eigenvalue weighted by Crippen LogP contribution is -2.20. The molecule has 14 heavy (non-hydrogen) atoms. The Morgan fingerprint density at radius 1 is 1.43 bits per heavy atom. The molecule has 2 N–H and O–H groups in total. The third-order valence-electron chi connectivity index (χ3n) is 2.38. The molecule has 2 rings (SSSR count). The van der Waals surface area contributed by atoms with Crippen LogP contribution >= 0.6 is 0 Å². The van der Waals surface area contributed by atoms with Gasteiger partial charge in [0, 0.05) is 6.07 Å². The summed E-state index contributed by atoms with van der Waals surface area (Å²) < 4.78 is 5.51. The fourth-order valence-electron chi connectivity index (χ4n) is 1.39. The summed E-state index contributed by atoms with van der Waals surface area (Å²) in [7, 11) is 0. The molecule has 0 aromatic carbocycles. The second-order valence-electron chi connectivity index (χ2n) is 4.18. The van der Waals surface area contributed by atoms with Crippen molar-refractivity contribution in [3.63, 3.8) is 0 Å². The van der Waals surface area contributed by atoms with E-state index in [1.54, 1.807) is 0 Å². The van der Waals surface area contributed by atoms with Crippen molar-refractivity contribution in [3.05, 3.63) is 23.9 Å². The van der Waals surface area contributed by atoms with Crippen molar-refractivity contribution in [1.82, 2.24) is 4.98 Å². The predicted octanol–water partition coefficient (Wildman–Crippen LogP) is 1.82. The molecule has 76 valence electrons. The first-order valence-electron chi connectivity index (χ1n) is 5.03. The van der Waals surface area contributed by atoms with Gasteiger partial charge in [-0.15, -0.1) is 0 Å². The van der Waals surface area contributed by atoms with Crippen molar-refractivity contribution in [3.8, 4) is 5.88 Å². The van der Waals surface area contributed by atoms with Crippen LogP contribution in [0.15, 0.2) is 18.2 Å². The fourth-order valence-corrected chi connectivity index (χ4v) is 1.39. The lowest BCUT2D eigenvalue weighted by Gasteiger charge is -2.12. The van der Waals surface area contributed by atoms with Gasteiger partial charge in [-0.1, -0.05) is 6.07 Å². The van der Waals surface area contributed by atoms with Crippen molar-refractivity contribution in [2.75, 3.05) is 0 Å². The number of hydrogen-bond acceptors (Lipinski definition) is 3. The summed E-state index contributed by atoms with van der Waals surface area (Å²) in [6.07, 6.45) is 2.22. The molecule has 0 aliphatic heterocycles. The molecule has 0 atom stereocenters. The molecule has 1 heterocycles. The molecular formula is C11H16N2O. The lowest BCUT2D eigenvalue weighted by atomic mass is 10.2. The Morgan fingerprint density at radius 2 is 2.14 bits per heavy atom. The molecule has 1 saturated carbocycles. The molecule has 0 bridgehead atoms. The average Bonchev–Trinajstić information content (AvgIpc) is 2.84. The van der Waals surface area contributed by atoms with Crippen molar-refractivity contribution < 1.29 is 4.74 Å². The summed E-state index contributed by atoms with van der Waals surface area (Å²) in [4.78, 5) is 4.40. The molecule has 0 spiro atoms. The lowest BCUT2D eigenvalue weighted by molar-refractivity contribution is 0.231. The van der Waals surface area contributed by atoms with Crippen LogP contribution in [-0.2, 0) is 5.54 Å². The highest BCUT2D eigenvalue weighted by Crippen LogP contribution is 2.41. The number of hydrogen-bond donors (Lipinski definition) is 1. The SMILES string of the molecule is CC(C)Oc1cccc(C2(N)CC2)n1. The molecule has 0 saturated heterocycles. The predicted molar refractivity (Wildman–Crippen MR) is 55.1 cm³/mol. The van der Waals surface area contributed by atoms with E-state index in [-0.39, 0.29) is 11.6 Å². The number of nitrogens with zero attached hydrogens (tertiary/aromatic N) is 1. The molecule has 1 aromatic heterocycles. The van der Waals surface area contributed by atoms with E-state index in [0.717, 1.165) is 18.5 Å². The molecule has 1 aromatic rings. The first-order chi connectivity index (χ1) is 6.60. The largest absolute Gasteiger partial charge is 0.475 e. The number of pyridine rings is 1. The van der Waals surface area contributed by atoms with Crippen LogP contribution in [0.3, 0.4) is 0 Å². The van der Waals surface area contributed by atoms with Crippen LogP contribution < -0.4 is 10.5 Å². The van der Waals surface area contributed by atoms with Crippen LogP contribution in [0, 0.1) is 0 Å². The van der Waals surface area contributed by atoms with Crippen LogP contribution in [0.1, 0.15) is 32.4 Å². The topological polar surface area (TPSA) is 48.1 Å². The minimum atomic E-state index is -0.170. The van der Waals surface area contributed by atoms with E-state index in [0.29, 0.717) is 5.88 Å². The third-order valence-corrected chi connectivity index (χ3v) is 2.38. The van der Waals surface area contributed by atoms with Crippen molar-refractivity contribution in [2.24, 2.45) is 5.73 Å². The quantitative estimate of drug-likeness (QED) is 0.794. The molecular weight excluding hydrogens is 176 g/mol. The highest BCUT2D eigenvalue weighted by atomic mass is 16.5. The monoisotopic (exact) mass is 192 g/mol. The molecule has 3 heteroatoms. The number of ether oxygens (including phenoxy) is 1. The van der Waals surface area contributed by atoms with Gasteiger partial charge in [0.05, 0.1) is 17.3 Å². The van der Waals surface area contributed by atoms with Gasteiger partial charge < -0.3 is 10.5 Å². The van der Waals surface area contributed by atoms with Gasteiger partial charge in [0.25, 0.3) is 0 Å². The highest BCUT2D eigenvalue weighted by Gasteiger charge is 2.41. The molecule has 1 aliphatic carbocycles. The Morgan fingerprint density at radius 3 is 2.71 bits per heavy atom. The number of rotatable bonds is 3. The van der Waals surface area contributed by atoms with Crippen LogP contribution in [0.5, 0.6) is 5.88 Å². The zero-order chi connectivity index (χ0) is 10.2. The normalized spacial score (nSPS) is 18.3. The standard InChI is InChI=1S/C11H16N2O/c1-8(2)14-10-5-3-4-9(13-10)11(12)6-7-11/h3-5,8H,6-7,12H2,1-2H3. The summed E-state index contributed by atoms with van der Waals surface area (Å²) in [5.41, 5.74) is 6.83. The maximum absolute atomic E-state index is 6.05. The highest BCUT2D eigenvalue weighted by molar-refractivity contribution is 5.26. The zero-order valence-electron chi connectivity index (χ0n) is 8.66. The van der Waals surface area contributed by atoms with Gasteiger partial charge in [-0.25, -0.2) is 4.98 Å². The fraction of sp³-hybridized carbons (Fsp3) is 0.545. The summed E-state index contributed by atoms with van der Waals surface area (Å²) in [6.45, 7) is 3.98. The Kier molecular flexibility index (Phi) is 2.19. The Bertz CT molecular complexity index is 332. The van der Waals surface area contributed by atoms with Gasteiger partial charge in [-0.3, -0.25) is 0 Å². The number of nitrogens with two attached hydrogens (primary N) is 1. The van der Waals surface area contributed by atoms with Gasteiger partial charge in [0.15, 0.2) is 0 Å². The van der Waals surface area contributed by atoms with Crippen LogP contribution in [-0.4, -0.2) is 11.1 Å². The van der Waals surface area contributed by atoms with Gasteiger partial charge in [-0.05, 0) is 32.8 Å². The maximum atomic E-state index is 6.05. The van der Waals surface area contributed by atoms with Gasteiger partial charge in [0.1, 0.15) is 0 Å². The van der Waals surface area contributed by atoms with Crippen molar-refractivity contribution in [2.45, 2.75) is 38.3 Å². The molecule has 0 amide bonds. The van der Waals surface area contributed by atoms with Gasteiger partial charge >= 0.3 is 0 Å². The minimum Gasteiger partial charge on any atom is -0.475 e. The molecule has 1 fully saturated rings. The molecule has 0 radical (unpaired) electrons. The molecule has 0 unspecified atom stereocenters. The second-order valence-corrected chi connectivity index (χ2v) is 4.18. The smallest absolute Gasteiger partial charge is 0.213 e. The molecule has 3 nitrogen and oxygen atoms in total.